The number of aldehydes is 1. The first-order valence-corrected chi connectivity index (χ1v) is 7.94. The van der Waals surface area contributed by atoms with E-state index in [1.807, 2.05) is 0 Å². The van der Waals surface area contributed by atoms with Gasteiger partial charge in [-0.25, -0.2) is 0 Å². The van der Waals surface area contributed by atoms with Gasteiger partial charge >= 0.3 is 5.97 Å². The molecule has 1 aliphatic heterocycles. The zero-order valence-electron chi connectivity index (χ0n) is 11.9. The highest BCUT2D eigenvalue weighted by Crippen LogP contribution is 2.39. The Kier molecular flexibility index (Phi) is 5.41. The van der Waals surface area contributed by atoms with Gasteiger partial charge in [0.1, 0.15) is 17.8 Å². The molecule has 3 nitrogen and oxygen atoms in total. The second-order valence-corrected chi connectivity index (χ2v) is 6.23. The molecule has 1 atom stereocenters. The predicted molar refractivity (Wildman–Crippen MR) is 73.8 cm³/mol. The van der Waals surface area contributed by atoms with Gasteiger partial charge < -0.3 is 9.53 Å². The first-order valence-electron chi connectivity index (χ1n) is 7.94. The average Bonchev–Trinajstić information content (AvgIpc) is 2.71. The Bertz CT molecular complexity index is 299. The summed E-state index contributed by atoms with van der Waals surface area (Å²) in [6, 6.07) is 0. The van der Waals surface area contributed by atoms with Gasteiger partial charge in [0.05, 0.1) is 0 Å². The molecule has 19 heavy (non-hydrogen) atoms. The number of hydrogen-bond donors (Lipinski definition) is 0. The van der Waals surface area contributed by atoms with Crippen molar-refractivity contribution in [2.75, 3.05) is 0 Å². The van der Waals surface area contributed by atoms with Crippen LogP contribution < -0.4 is 0 Å². The highest BCUT2D eigenvalue weighted by molar-refractivity contribution is 5.89. The van der Waals surface area contributed by atoms with Crippen LogP contribution >= 0.6 is 0 Å². The second-order valence-electron chi connectivity index (χ2n) is 6.23. The average molecular weight is 266 g/mol. The minimum atomic E-state index is -0.507. The summed E-state index contributed by atoms with van der Waals surface area (Å²) < 4.78 is 5.63. The first-order chi connectivity index (χ1) is 9.26. The van der Waals surface area contributed by atoms with E-state index in [-0.39, 0.29) is 11.6 Å². The number of ether oxygens (including phenoxy) is 1. The topological polar surface area (TPSA) is 43.4 Å². The molecule has 1 saturated heterocycles. The molecular weight excluding hydrogens is 240 g/mol. The van der Waals surface area contributed by atoms with Crippen molar-refractivity contribution in [1.82, 2.24) is 0 Å². The lowest BCUT2D eigenvalue weighted by atomic mass is 9.84. The summed E-state index contributed by atoms with van der Waals surface area (Å²) in [7, 11) is 0. The zero-order valence-corrected chi connectivity index (χ0v) is 11.9. The Morgan fingerprint density at radius 3 is 1.79 bits per heavy atom. The van der Waals surface area contributed by atoms with Crippen LogP contribution in [-0.2, 0) is 14.3 Å². The Morgan fingerprint density at radius 1 is 0.895 bits per heavy atom. The monoisotopic (exact) mass is 266 g/mol. The molecule has 0 N–H and O–H groups in total. The molecule has 1 heterocycles. The summed E-state index contributed by atoms with van der Waals surface area (Å²) in [5.41, 5.74) is -0.318. The molecule has 1 unspecified atom stereocenters. The lowest BCUT2D eigenvalue weighted by Crippen LogP contribution is -2.28. The maximum atomic E-state index is 11.7. The predicted octanol–water partition coefficient (Wildman–Crippen LogP) is 3.79. The van der Waals surface area contributed by atoms with Gasteiger partial charge in [0.15, 0.2) is 0 Å². The fourth-order valence-electron chi connectivity index (χ4n) is 3.48. The lowest BCUT2D eigenvalue weighted by Gasteiger charge is -2.28. The maximum Gasteiger partial charge on any atom is 0.316 e. The molecule has 108 valence electrons. The van der Waals surface area contributed by atoms with E-state index >= 15 is 0 Å². The maximum absolute atomic E-state index is 11.7. The zero-order chi connectivity index (χ0) is 13.6. The smallest absolute Gasteiger partial charge is 0.316 e. The molecule has 3 heteroatoms. The van der Waals surface area contributed by atoms with Crippen molar-refractivity contribution in [3.8, 4) is 0 Å². The van der Waals surface area contributed by atoms with Crippen LogP contribution in [0.5, 0.6) is 0 Å². The Labute approximate surface area is 116 Å². The van der Waals surface area contributed by atoms with Crippen LogP contribution in [0.15, 0.2) is 0 Å². The molecule has 2 fully saturated rings. The van der Waals surface area contributed by atoms with E-state index in [1.165, 1.54) is 44.9 Å². The van der Waals surface area contributed by atoms with E-state index in [1.54, 1.807) is 0 Å². The van der Waals surface area contributed by atoms with Crippen LogP contribution in [0.4, 0.5) is 0 Å². The van der Waals surface area contributed by atoms with Crippen molar-refractivity contribution in [1.29, 1.82) is 0 Å². The van der Waals surface area contributed by atoms with E-state index in [4.69, 9.17) is 4.74 Å². The largest absolute Gasteiger partial charge is 0.458 e. The van der Waals surface area contributed by atoms with Gasteiger partial charge in [-0.15, -0.1) is 0 Å². The lowest BCUT2D eigenvalue weighted by molar-refractivity contribution is -0.152. The standard InChI is InChI=1S/C16H26O3/c17-13-14-12-16(19-15(14)18)10-8-6-4-2-1-3-5-7-9-11-16/h13-14H,1-12H2. The number of carbonyl (C=O) groups excluding carboxylic acids is 2. The van der Waals surface area contributed by atoms with Crippen molar-refractivity contribution < 1.29 is 14.3 Å². The number of carbonyl (C=O) groups is 2. The fourth-order valence-corrected chi connectivity index (χ4v) is 3.48. The van der Waals surface area contributed by atoms with Gasteiger partial charge in [-0.2, -0.15) is 0 Å². The minimum Gasteiger partial charge on any atom is -0.458 e. The number of rotatable bonds is 1. The molecule has 0 radical (unpaired) electrons. The van der Waals surface area contributed by atoms with Crippen molar-refractivity contribution in [3.63, 3.8) is 0 Å². The van der Waals surface area contributed by atoms with Gasteiger partial charge in [-0.3, -0.25) is 4.79 Å². The normalized spacial score (nSPS) is 29.3. The molecular formula is C16H26O3. The van der Waals surface area contributed by atoms with Gasteiger partial charge in [-0.05, 0) is 25.7 Å². The van der Waals surface area contributed by atoms with E-state index in [0.717, 1.165) is 32.0 Å². The second kappa shape index (κ2) is 7.06. The highest BCUT2D eigenvalue weighted by atomic mass is 16.6. The van der Waals surface area contributed by atoms with Crippen LogP contribution in [0.3, 0.4) is 0 Å². The van der Waals surface area contributed by atoms with E-state index in [9.17, 15) is 9.59 Å². The Balaban J connectivity index is 1.95. The first kappa shape index (κ1) is 14.5. The molecule has 0 aromatic rings. The minimum absolute atomic E-state index is 0.290. The quantitative estimate of drug-likeness (QED) is 0.412. The van der Waals surface area contributed by atoms with Gasteiger partial charge in [0, 0.05) is 6.42 Å². The number of hydrogen-bond acceptors (Lipinski definition) is 3. The summed E-state index contributed by atoms with van der Waals surface area (Å²) in [4.78, 5) is 22.6. The molecule has 0 aromatic carbocycles. The summed E-state index contributed by atoms with van der Waals surface area (Å²) in [5, 5.41) is 0. The molecule has 0 aromatic heterocycles. The van der Waals surface area contributed by atoms with E-state index in [0.29, 0.717) is 6.42 Å². The summed E-state index contributed by atoms with van der Waals surface area (Å²) in [6.45, 7) is 0. The molecule has 1 aliphatic carbocycles. The fraction of sp³-hybridized carbons (Fsp3) is 0.875. The van der Waals surface area contributed by atoms with Gasteiger partial charge in [-0.1, -0.05) is 44.9 Å². The summed E-state index contributed by atoms with van der Waals surface area (Å²) in [5.74, 6) is -0.796. The Morgan fingerprint density at radius 2 is 1.37 bits per heavy atom. The van der Waals surface area contributed by atoms with E-state index < -0.39 is 5.92 Å². The van der Waals surface area contributed by atoms with Crippen LogP contribution in [-0.4, -0.2) is 17.9 Å². The van der Waals surface area contributed by atoms with Crippen molar-refractivity contribution >= 4 is 12.3 Å². The van der Waals surface area contributed by atoms with Crippen molar-refractivity contribution in [2.24, 2.45) is 5.92 Å². The summed E-state index contributed by atoms with van der Waals surface area (Å²) in [6.07, 6.45) is 14.6. The SMILES string of the molecule is O=CC1CC2(CCCCCCCCCCC2)OC1=O. The van der Waals surface area contributed by atoms with Crippen molar-refractivity contribution in [3.05, 3.63) is 0 Å². The third-order valence-electron chi connectivity index (χ3n) is 4.64. The molecule has 0 bridgehead atoms. The third kappa shape index (κ3) is 4.05. The molecule has 0 amide bonds. The van der Waals surface area contributed by atoms with Crippen LogP contribution in [0.1, 0.15) is 77.0 Å². The van der Waals surface area contributed by atoms with Crippen LogP contribution in [0.25, 0.3) is 0 Å². The molecule has 1 saturated carbocycles. The third-order valence-corrected chi connectivity index (χ3v) is 4.64. The molecule has 2 rings (SSSR count). The molecule has 1 spiro atoms. The van der Waals surface area contributed by atoms with Crippen molar-refractivity contribution in [2.45, 2.75) is 82.7 Å². The van der Waals surface area contributed by atoms with Crippen LogP contribution in [0, 0.1) is 5.92 Å². The number of esters is 1. The summed E-state index contributed by atoms with van der Waals surface area (Å²) >= 11 is 0. The highest BCUT2D eigenvalue weighted by Gasteiger charge is 2.45. The van der Waals surface area contributed by atoms with Crippen LogP contribution in [0.2, 0.25) is 0 Å². The Hall–Kier alpha value is -0.860. The molecule has 2 aliphatic rings. The van der Waals surface area contributed by atoms with Gasteiger partial charge in [0.2, 0.25) is 0 Å². The van der Waals surface area contributed by atoms with E-state index in [2.05, 4.69) is 0 Å². The van der Waals surface area contributed by atoms with Gasteiger partial charge in [0.25, 0.3) is 0 Å².